The summed E-state index contributed by atoms with van der Waals surface area (Å²) >= 11 is 0. The van der Waals surface area contributed by atoms with Gasteiger partial charge in [0.25, 0.3) is 0 Å². The van der Waals surface area contributed by atoms with Crippen LogP contribution >= 0.6 is 0 Å². The first kappa shape index (κ1) is 25.5. The van der Waals surface area contributed by atoms with E-state index in [1.807, 2.05) is 18.5 Å². The lowest BCUT2D eigenvalue weighted by atomic mass is 9.93. The molecule has 0 N–H and O–H groups in total. The molecular formula is C43H28N2. The molecule has 7 aromatic carbocycles. The Morgan fingerprint density at radius 3 is 1.98 bits per heavy atom. The summed E-state index contributed by atoms with van der Waals surface area (Å²) in [5, 5.41) is 7.55. The molecule has 0 saturated heterocycles. The monoisotopic (exact) mass is 572 g/mol. The second kappa shape index (κ2) is 10.3. The highest BCUT2D eigenvalue weighted by atomic mass is 15.0. The van der Waals surface area contributed by atoms with Gasteiger partial charge in [-0.25, -0.2) is 0 Å². The first-order valence-corrected chi connectivity index (χ1v) is 15.4. The standard InChI is InChI=1S/C43H28N2/c1-2-15-36(16-3-1)45-41-26-33(32-20-19-29-10-4-5-11-30(29)24-32)21-22-39(41)43-38-18-7-6-17-37(38)40(27-42(43)45)34-13-8-12-31(25-34)35-14-9-23-44-28-35/h1-28H. The van der Waals surface area contributed by atoms with Crippen molar-refractivity contribution >= 4 is 43.4 Å². The molecule has 9 aromatic rings. The van der Waals surface area contributed by atoms with Gasteiger partial charge in [0.1, 0.15) is 0 Å². The molecule has 0 atom stereocenters. The van der Waals surface area contributed by atoms with E-state index in [-0.39, 0.29) is 0 Å². The van der Waals surface area contributed by atoms with Crippen molar-refractivity contribution in [1.29, 1.82) is 0 Å². The van der Waals surface area contributed by atoms with Gasteiger partial charge in [-0.2, -0.15) is 0 Å². The maximum atomic E-state index is 4.36. The lowest BCUT2D eigenvalue weighted by Crippen LogP contribution is -1.94. The fourth-order valence-electron chi connectivity index (χ4n) is 6.92. The fourth-order valence-corrected chi connectivity index (χ4v) is 6.92. The minimum absolute atomic E-state index is 1.12. The Morgan fingerprint density at radius 2 is 1.11 bits per heavy atom. The summed E-state index contributed by atoms with van der Waals surface area (Å²) in [4.78, 5) is 4.36. The maximum Gasteiger partial charge on any atom is 0.0553 e. The summed E-state index contributed by atoms with van der Waals surface area (Å²) in [7, 11) is 0. The number of nitrogens with zero attached hydrogens (tertiary/aromatic N) is 2. The Morgan fingerprint density at radius 1 is 0.400 bits per heavy atom. The summed E-state index contributed by atoms with van der Waals surface area (Å²) in [6, 6.07) is 57.2. The van der Waals surface area contributed by atoms with Crippen LogP contribution in [-0.2, 0) is 0 Å². The first-order chi connectivity index (χ1) is 22.3. The Bertz CT molecular complexity index is 2530. The van der Waals surface area contributed by atoms with Crippen LogP contribution in [0.2, 0.25) is 0 Å². The molecule has 210 valence electrons. The molecule has 45 heavy (non-hydrogen) atoms. The molecular weight excluding hydrogens is 544 g/mol. The highest BCUT2D eigenvalue weighted by molar-refractivity contribution is 6.24. The van der Waals surface area contributed by atoms with Crippen LogP contribution in [0, 0.1) is 0 Å². The molecule has 0 fully saturated rings. The molecule has 0 unspecified atom stereocenters. The van der Waals surface area contributed by atoms with Crippen LogP contribution < -0.4 is 0 Å². The molecule has 0 aliphatic carbocycles. The van der Waals surface area contributed by atoms with Crippen molar-refractivity contribution < 1.29 is 0 Å². The third-order valence-electron chi connectivity index (χ3n) is 9.04. The minimum atomic E-state index is 1.12. The Hall–Kier alpha value is -5.99. The average Bonchev–Trinajstić information content (AvgIpc) is 3.45. The van der Waals surface area contributed by atoms with Crippen LogP contribution in [0.15, 0.2) is 170 Å². The van der Waals surface area contributed by atoms with E-state index in [4.69, 9.17) is 0 Å². The van der Waals surface area contributed by atoms with Gasteiger partial charge in [0, 0.05) is 34.4 Å². The van der Waals surface area contributed by atoms with Gasteiger partial charge in [-0.15, -0.1) is 0 Å². The zero-order valence-electron chi connectivity index (χ0n) is 24.6. The van der Waals surface area contributed by atoms with E-state index in [0.717, 1.165) is 16.8 Å². The molecule has 0 aliphatic heterocycles. The number of aromatic nitrogens is 2. The molecule has 0 bridgehead atoms. The molecule has 0 spiro atoms. The van der Waals surface area contributed by atoms with Gasteiger partial charge in [-0.1, -0.05) is 115 Å². The van der Waals surface area contributed by atoms with Crippen molar-refractivity contribution in [2.24, 2.45) is 0 Å². The van der Waals surface area contributed by atoms with Crippen LogP contribution in [0.3, 0.4) is 0 Å². The van der Waals surface area contributed by atoms with Gasteiger partial charge < -0.3 is 4.57 Å². The second-order valence-corrected chi connectivity index (χ2v) is 11.7. The smallest absolute Gasteiger partial charge is 0.0553 e. The van der Waals surface area contributed by atoms with Crippen molar-refractivity contribution in [1.82, 2.24) is 9.55 Å². The van der Waals surface area contributed by atoms with Gasteiger partial charge in [0.15, 0.2) is 0 Å². The molecule has 0 aliphatic rings. The molecule has 0 saturated carbocycles. The molecule has 0 radical (unpaired) electrons. The third-order valence-corrected chi connectivity index (χ3v) is 9.04. The third kappa shape index (κ3) is 4.22. The lowest BCUT2D eigenvalue weighted by Gasteiger charge is -2.13. The van der Waals surface area contributed by atoms with Crippen LogP contribution in [0.4, 0.5) is 0 Å². The number of rotatable bonds is 4. The number of para-hydroxylation sites is 1. The zero-order chi connectivity index (χ0) is 29.7. The van der Waals surface area contributed by atoms with E-state index in [1.54, 1.807) is 0 Å². The molecule has 2 heterocycles. The summed E-state index contributed by atoms with van der Waals surface area (Å²) < 4.78 is 2.44. The van der Waals surface area contributed by atoms with Crippen LogP contribution in [0.25, 0.3) is 82.4 Å². The number of hydrogen-bond acceptors (Lipinski definition) is 1. The maximum absolute atomic E-state index is 4.36. The van der Waals surface area contributed by atoms with E-state index in [0.29, 0.717) is 0 Å². The topological polar surface area (TPSA) is 17.8 Å². The second-order valence-electron chi connectivity index (χ2n) is 11.7. The average molecular weight is 573 g/mol. The van der Waals surface area contributed by atoms with E-state index < -0.39 is 0 Å². The molecule has 2 nitrogen and oxygen atoms in total. The summed E-state index contributed by atoms with van der Waals surface area (Å²) in [5.74, 6) is 0. The largest absolute Gasteiger partial charge is 0.309 e. The van der Waals surface area contributed by atoms with Crippen LogP contribution in [0.5, 0.6) is 0 Å². The molecule has 0 amide bonds. The molecule has 9 rings (SSSR count). The fraction of sp³-hybridized carbons (Fsp3) is 0. The van der Waals surface area contributed by atoms with Gasteiger partial charge in [0.05, 0.1) is 11.0 Å². The van der Waals surface area contributed by atoms with Crippen molar-refractivity contribution in [3.63, 3.8) is 0 Å². The predicted molar refractivity (Wildman–Crippen MR) is 190 cm³/mol. The summed E-state index contributed by atoms with van der Waals surface area (Å²) in [6.07, 6.45) is 3.75. The Labute approximate surface area is 261 Å². The van der Waals surface area contributed by atoms with Crippen LogP contribution in [0.1, 0.15) is 0 Å². The van der Waals surface area contributed by atoms with Gasteiger partial charge in [-0.3, -0.25) is 4.98 Å². The van der Waals surface area contributed by atoms with E-state index >= 15 is 0 Å². The predicted octanol–water partition coefficient (Wildman–Crippen LogP) is 11.5. The van der Waals surface area contributed by atoms with Crippen LogP contribution in [-0.4, -0.2) is 9.55 Å². The zero-order valence-corrected chi connectivity index (χ0v) is 24.6. The van der Waals surface area contributed by atoms with Gasteiger partial charge in [0.2, 0.25) is 0 Å². The number of fused-ring (bicyclic) bond motifs is 6. The van der Waals surface area contributed by atoms with E-state index in [1.165, 1.54) is 65.6 Å². The highest BCUT2D eigenvalue weighted by Gasteiger charge is 2.19. The number of pyridine rings is 1. The summed E-state index contributed by atoms with van der Waals surface area (Å²) in [6.45, 7) is 0. The SMILES string of the molecule is c1ccc(-n2c3cc(-c4ccc5ccccc5c4)ccc3c3c4ccccc4c(-c4cccc(-c5cccnc5)c4)cc32)cc1. The van der Waals surface area contributed by atoms with Crippen molar-refractivity contribution in [2.45, 2.75) is 0 Å². The summed E-state index contributed by atoms with van der Waals surface area (Å²) in [5.41, 5.74) is 10.7. The Balaban J connectivity index is 1.35. The van der Waals surface area contributed by atoms with Gasteiger partial charge >= 0.3 is 0 Å². The van der Waals surface area contributed by atoms with Crippen molar-refractivity contribution in [3.8, 4) is 39.1 Å². The van der Waals surface area contributed by atoms with Crippen molar-refractivity contribution in [3.05, 3.63) is 170 Å². The molecule has 2 aromatic heterocycles. The lowest BCUT2D eigenvalue weighted by molar-refractivity contribution is 1.18. The minimum Gasteiger partial charge on any atom is -0.309 e. The van der Waals surface area contributed by atoms with Gasteiger partial charge in [-0.05, 0) is 91.8 Å². The van der Waals surface area contributed by atoms with Crippen molar-refractivity contribution in [2.75, 3.05) is 0 Å². The van der Waals surface area contributed by atoms with E-state index in [2.05, 4.69) is 161 Å². The van der Waals surface area contributed by atoms with E-state index in [9.17, 15) is 0 Å². The first-order valence-electron chi connectivity index (χ1n) is 15.4. The highest BCUT2D eigenvalue weighted by Crippen LogP contribution is 2.43. The molecule has 2 heteroatoms. The normalized spacial score (nSPS) is 11.6. The quantitative estimate of drug-likeness (QED) is 0.205. The number of hydrogen-bond donors (Lipinski definition) is 0. The Kier molecular flexibility index (Phi) is 5.85. The number of benzene rings is 7.